The number of fused-ring (bicyclic) bond motifs is 7. The second-order valence-electron chi connectivity index (χ2n) is 20.2. The molecular weight excluding hydrogens is 816 g/mol. The van der Waals surface area contributed by atoms with Crippen LogP contribution in [0.4, 0.5) is 0 Å². The second kappa shape index (κ2) is 17.8. The lowest BCUT2D eigenvalue weighted by Crippen LogP contribution is -2.63. The van der Waals surface area contributed by atoms with Gasteiger partial charge in [-0.1, -0.05) is 44.6 Å². The second-order valence-corrected chi connectivity index (χ2v) is 20.2. The molecule has 0 amide bonds. The average molecular weight is 887 g/mol. The fourth-order valence-corrected chi connectivity index (χ4v) is 13.2. The summed E-state index contributed by atoms with van der Waals surface area (Å²) in [7, 11) is 0. The van der Waals surface area contributed by atoms with E-state index in [1.54, 1.807) is 0 Å². The van der Waals surface area contributed by atoms with E-state index in [0.717, 1.165) is 31.3 Å². The van der Waals surface area contributed by atoms with Crippen molar-refractivity contribution in [3.63, 3.8) is 0 Å². The van der Waals surface area contributed by atoms with E-state index >= 15 is 0 Å². The van der Waals surface area contributed by atoms with Gasteiger partial charge in [0.05, 0.1) is 44.2 Å². The van der Waals surface area contributed by atoms with Gasteiger partial charge in [-0.15, -0.1) is 0 Å². The minimum absolute atomic E-state index is 0.0472. The molecule has 4 aliphatic carbocycles. The van der Waals surface area contributed by atoms with Gasteiger partial charge in [-0.2, -0.15) is 0 Å². The average Bonchev–Trinajstić information content (AvgIpc) is 3.67. The molecule has 8 rings (SSSR count). The van der Waals surface area contributed by atoms with Crippen molar-refractivity contribution in [1.29, 1.82) is 0 Å². The third kappa shape index (κ3) is 7.98. The van der Waals surface area contributed by atoms with Crippen molar-refractivity contribution in [2.24, 2.45) is 40.4 Å². The minimum Gasteiger partial charge on any atom is -0.394 e. The van der Waals surface area contributed by atoms with Gasteiger partial charge in [0.25, 0.3) is 0 Å². The molecule has 18 heteroatoms. The molecule has 8 aliphatic rings. The molecule has 354 valence electrons. The molecule has 0 aromatic heterocycles. The predicted octanol–water partition coefficient (Wildman–Crippen LogP) is -1.30. The smallest absolute Gasteiger partial charge is 0.187 e. The minimum atomic E-state index is -1.66. The van der Waals surface area contributed by atoms with Gasteiger partial charge in [0.1, 0.15) is 61.0 Å². The summed E-state index contributed by atoms with van der Waals surface area (Å²) in [5, 5.41) is 117. The summed E-state index contributed by atoms with van der Waals surface area (Å²) >= 11 is 0. The van der Waals surface area contributed by atoms with Crippen molar-refractivity contribution >= 4 is 0 Å². The van der Waals surface area contributed by atoms with E-state index in [0.29, 0.717) is 18.4 Å². The Kier molecular flexibility index (Phi) is 13.5. The van der Waals surface area contributed by atoms with Crippen molar-refractivity contribution in [1.82, 2.24) is 0 Å². The fourth-order valence-electron chi connectivity index (χ4n) is 13.2. The maximum absolute atomic E-state index is 12.1. The van der Waals surface area contributed by atoms with Crippen molar-refractivity contribution in [3.05, 3.63) is 23.8 Å². The maximum Gasteiger partial charge on any atom is 0.187 e. The van der Waals surface area contributed by atoms with E-state index in [1.807, 2.05) is 0 Å². The van der Waals surface area contributed by atoms with E-state index in [2.05, 4.69) is 33.4 Å². The molecule has 4 heterocycles. The molecule has 7 fully saturated rings. The summed E-state index contributed by atoms with van der Waals surface area (Å²) in [6, 6.07) is 0. The van der Waals surface area contributed by atoms with Crippen LogP contribution in [0.3, 0.4) is 0 Å². The Morgan fingerprint density at radius 1 is 0.839 bits per heavy atom. The van der Waals surface area contributed by atoms with Crippen LogP contribution in [-0.4, -0.2) is 186 Å². The molecule has 25 unspecified atom stereocenters. The van der Waals surface area contributed by atoms with E-state index in [9.17, 15) is 56.2 Å². The highest BCUT2D eigenvalue weighted by molar-refractivity contribution is 5.29. The highest BCUT2D eigenvalue weighted by Crippen LogP contribution is 2.70. The Balaban J connectivity index is 0.936. The largest absolute Gasteiger partial charge is 0.394 e. The van der Waals surface area contributed by atoms with Gasteiger partial charge in [-0.25, -0.2) is 0 Å². The zero-order valence-corrected chi connectivity index (χ0v) is 36.0. The van der Waals surface area contributed by atoms with Crippen LogP contribution in [-0.2, 0) is 33.2 Å². The number of aliphatic hydroxyl groups excluding tert-OH is 10. The SMILES string of the molecule is C=C(CCC1(O)OC2CC3C4CC=C5CC(O)CC(OC6OCC(O)C(O)C6OC6OC(C)C(O)C(O)C6O)C5(C)C4CCC3(C)C2C1C)COC1OC(CO)C(O)C(O)C1O. The van der Waals surface area contributed by atoms with Crippen LogP contribution in [0.15, 0.2) is 23.8 Å². The summed E-state index contributed by atoms with van der Waals surface area (Å²) in [5.74, 6) is -0.883. The highest BCUT2D eigenvalue weighted by atomic mass is 16.8. The molecule has 0 aromatic carbocycles. The zero-order chi connectivity index (χ0) is 44.8. The van der Waals surface area contributed by atoms with Crippen LogP contribution >= 0.6 is 0 Å². The molecular formula is C44H70O18. The number of hydrogen-bond donors (Lipinski definition) is 11. The van der Waals surface area contributed by atoms with Crippen LogP contribution in [0.25, 0.3) is 0 Å². The zero-order valence-electron chi connectivity index (χ0n) is 36.0. The van der Waals surface area contributed by atoms with Crippen molar-refractivity contribution in [2.45, 2.75) is 189 Å². The first-order chi connectivity index (χ1) is 29.2. The summed E-state index contributed by atoms with van der Waals surface area (Å²) in [6.45, 7) is 11.3. The third-order valence-electron chi connectivity index (χ3n) is 16.8. The fraction of sp³-hybridized carbons (Fsp3) is 0.909. The Morgan fingerprint density at radius 2 is 1.55 bits per heavy atom. The van der Waals surface area contributed by atoms with Crippen LogP contribution < -0.4 is 0 Å². The molecule has 3 saturated carbocycles. The lowest BCUT2D eigenvalue weighted by molar-refractivity contribution is -0.362. The normalized spacial score (nSPS) is 55.1. The predicted molar refractivity (Wildman–Crippen MR) is 213 cm³/mol. The lowest BCUT2D eigenvalue weighted by Gasteiger charge is -2.60. The molecule has 0 spiro atoms. The maximum atomic E-state index is 12.1. The number of aliphatic hydroxyl groups is 11. The summed E-state index contributed by atoms with van der Waals surface area (Å²) in [4.78, 5) is 0. The quantitative estimate of drug-likeness (QED) is 0.108. The summed E-state index contributed by atoms with van der Waals surface area (Å²) in [6.07, 6.45) is -13.9. The summed E-state index contributed by atoms with van der Waals surface area (Å²) in [5.41, 5.74) is 1.02. The molecule has 4 saturated heterocycles. The van der Waals surface area contributed by atoms with Crippen molar-refractivity contribution in [2.75, 3.05) is 19.8 Å². The Hall–Kier alpha value is -1.24. The number of rotatable bonds is 11. The molecule has 0 bridgehead atoms. The standard InChI is InChI=1S/C44H70O18/c1-18(16-56-39-36(53)35(52)33(50)28(15-45)59-39)8-11-44(55)19(2)30-27(62-44)14-25-23-7-6-21-12-22(46)13-29(43(21,5)24(23)9-10-42(25,30)4)60-41-38(32(49)26(47)17-57-41)61-40-37(54)34(51)31(48)20(3)58-40/h6,19-20,22-41,45-55H,1,7-17H2,2-5H3. The van der Waals surface area contributed by atoms with Crippen LogP contribution in [0.2, 0.25) is 0 Å². The van der Waals surface area contributed by atoms with Gasteiger partial charge in [-0.05, 0) is 74.5 Å². The van der Waals surface area contributed by atoms with Crippen molar-refractivity contribution < 1.29 is 89.3 Å². The Morgan fingerprint density at radius 3 is 2.27 bits per heavy atom. The topological polar surface area (TPSA) is 287 Å². The monoisotopic (exact) mass is 886 g/mol. The first-order valence-corrected chi connectivity index (χ1v) is 22.6. The molecule has 25 atom stereocenters. The molecule has 18 nitrogen and oxygen atoms in total. The van der Waals surface area contributed by atoms with E-state index in [1.165, 1.54) is 6.92 Å². The molecule has 62 heavy (non-hydrogen) atoms. The van der Waals surface area contributed by atoms with Gasteiger partial charge in [0.2, 0.25) is 0 Å². The highest BCUT2D eigenvalue weighted by Gasteiger charge is 2.69. The number of hydrogen-bond acceptors (Lipinski definition) is 18. The van der Waals surface area contributed by atoms with Crippen molar-refractivity contribution in [3.8, 4) is 0 Å². The van der Waals surface area contributed by atoms with Gasteiger partial charge in [0, 0.05) is 24.2 Å². The van der Waals surface area contributed by atoms with Gasteiger partial charge in [-0.3, -0.25) is 0 Å². The van der Waals surface area contributed by atoms with E-state index in [4.69, 9.17) is 33.2 Å². The lowest BCUT2D eigenvalue weighted by atomic mass is 9.46. The van der Waals surface area contributed by atoms with Gasteiger partial charge >= 0.3 is 0 Å². The van der Waals surface area contributed by atoms with Gasteiger partial charge in [0.15, 0.2) is 24.7 Å². The molecule has 0 aromatic rings. The third-order valence-corrected chi connectivity index (χ3v) is 16.8. The number of allylic oxidation sites excluding steroid dienone is 1. The number of ether oxygens (including phenoxy) is 7. The van der Waals surface area contributed by atoms with Crippen LogP contribution in [0.1, 0.15) is 79.1 Å². The van der Waals surface area contributed by atoms with Crippen LogP contribution in [0, 0.1) is 40.4 Å². The molecule has 4 aliphatic heterocycles. The molecule has 11 N–H and O–H groups in total. The summed E-state index contributed by atoms with van der Waals surface area (Å²) < 4.78 is 42.3. The first-order valence-electron chi connectivity index (χ1n) is 22.6. The van der Waals surface area contributed by atoms with E-state index < -0.39 is 116 Å². The Bertz CT molecular complexity index is 1630. The van der Waals surface area contributed by atoms with E-state index in [-0.39, 0.29) is 67.2 Å². The van der Waals surface area contributed by atoms with Crippen LogP contribution in [0.5, 0.6) is 0 Å². The Labute approximate surface area is 362 Å². The first kappa shape index (κ1) is 47.3. The van der Waals surface area contributed by atoms with Gasteiger partial charge < -0.3 is 89.3 Å². The molecule has 0 radical (unpaired) electrons.